The van der Waals surface area contributed by atoms with Gasteiger partial charge in [-0.2, -0.15) is 0 Å². The molecule has 24 heavy (non-hydrogen) atoms. The third-order valence-electron chi connectivity index (χ3n) is 5.03. The molecular formula is C18H23BrN4O. The van der Waals surface area contributed by atoms with Gasteiger partial charge in [0, 0.05) is 22.6 Å². The van der Waals surface area contributed by atoms with Gasteiger partial charge in [-0.25, -0.2) is 0 Å². The number of rotatable bonds is 4. The molecule has 3 heterocycles. The van der Waals surface area contributed by atoms with Crippen molar-refractivity contribution in [1.29, 1.82) is 0 Å². The molecule has 2 saturated heterocycles. The zero-order chi connectivity index (χ0) is 16.4. The zero-order valence-corrected chi connectivity index (χ0v) is 15.4. The maximum absolute atomic E-state index is 5.89. The lowest BCUT2D eigenvalue weighted by Crippen LogP contribution is -2.46. The van der Waals surface area contributed by atoms with E-state index in [0.29, 0.717) is 17.8 Å². The maximum Gasteiger partial charge on any atom is 0.247 e. The summed E-state index contributed by atoms with van der Waals surface area (Å²) in [4.78, 5) is 5.12. The van der Waals surface area contributed by atoms with E-state index in [2.05, 4.69) is 35.9 Å². The van der Waals surface area contributed by atoms with Crippen LogP contribution in [0.15, 0.2) is 33.2 Å². The first kappa shape index (κ1) is 16.2. The quantitative estimate of drug-likeness (QED) is 0.798. The van der Waals surface area contributed by atoms with Gasteiger partial charge in [-0.3, -0.25) is 9.80 Å². The summed E-state index contributed by atoms with van der Waals surface area (Å²) < 4.78 is 6.91. The van der Waals surface area contributed by atoms with Crippen molar-refractivity contribution in [1.82, 2.24) is 20.0 Å². The largest absolute Gasteiger partial charge is 0.419 e. The first-order chi connectivity index (χ1) is 11.8. The number of benzene rings is 1. The van der Waals surface area contributed by atoms with Gasteiger partial charge >= 0.3 is 0 Å². The molecule has 2 aromatic rings. The molecule has 2 aliphatic rings. The Hall–Kier alpha value is -1.24. The highest BCUT2D eigenvalue weighted by molar-refractivity contribution is 9.10. The van der Waals surface area contributed by atoms with Crippen molar-refractivity contribution in [2.24, 2.45) is 0 Å². The van der Waals surface area contributed by atoms with Crippen LogP contribution in [0, 0.1) is 0 Å². The van der Waals surface area contributed by atoms with E-state index >= 15 is 0 Å². The van der Waals surface area contributed by atoms with Crippen LogP contribution in [0.1, 0.15) is 31.6 Å². The molecule has 5 nitrogen and oxygen atoms in total. The third kappa shape index (κ3) is 3.71. The fourth-order valence-electron chi connectivity index (χ4n) is 3.83. The van der Waals surface area contributed by atoms with Crippen molar-refractivity contribution < 1.29 is 4.42 Å². The van der Waals surface area contributed by atoms with E-state index in [1.807, 2.05) is 24.3 Å². The molecule has 0 radical (unpaired) electrons. The molecule has 0 aliphatic carbocycles. The van der Waals surface area contributed by atoms with Crippen molar-refractivity contribution in [2.45, 2.75) is 38.3 Å². The minimum absolute atomic E-state index is 0.597. The van der Waals surface area contributed by atoms with Crippen molar-refractivity contribution in [3.63, 3.8) is 0 Å². The van der Waals surface area contributed by atoms with Gasteiger partial charge in [-0.05, 0) is 63.5 Å². The molecule has 1 aromatic carbocycles. The first-order valence-corrected chi connectivity index (χ1v) is 9.62. The Morgan fingerprint density at radius 1 is 1.12 bits per heavy atom. The Labute approximate surface area is 151 Å². The number of aromatic nitrogens is 2. The van der Waals surface area contributed by atoms with Gasteiger partial charge in [0.2, 0.25) is 11.8 Å². The predicted octanol–water partition coefficient (Wildman–Crippen LogP) is 3.56. The van der Waals surface area contributed by atoms with Gasteiger partial charge < -0.3 is 4.42 Å². The summed E-state index contributed by atoms with van der Waals surface area (Å²) in [5.41, 5.74) is 0.955. The second kappa shape index (κ2) is 7.33. The van der Waals surface area contributed by atoms with Gasteiger partial charge in [-0.15, -0.1) is 10.2 Å². The van der Waals surface area contributed by atoms with E-state index in [1.165, 1.54) is 38.8 Å². The minimum atomic E-state index is 0.597. The molecule has 1 atom stereocenters. The van der Waals surface area contributed by atoms with E-state index in [-0.39, 0.29) is 0 Å². The fraction of sp³-hybridized carbons (Fsp3) is 0.556. The molecule has 1 aromatic heterocycles. The van der Waals surface area contributed by atoms with Crippen LogP contribution in [-0.2, 0) is 6.54 Å². The molecule has 128 valence electrons. The lowest BCUT2D eigenvalue weighted by Gasteiger charge is -2.36. The van der Waals surface area contributed by atoms with Crippen LogP contribution in [0.3, 0.4) is 0 Å². The minimum Gasteiger partial charge on any atom is -0.419 e. The van der Waals surface area contributed by atoms with E-state index in [9.17, 15) is 0 Å². The van der Waals surface area contributed by atoms with Crippen LogP contribution < -0.4 is 0 Å². The highest BCUT2D eigenvalue weighted by Gasteiger charge is 2.27. The van der Waals surface area contributed by atoms with Crippen LogP contribution in [0.4, 0.5) is 0 Å². The summed E-state index contributed by atoms with van der Waals surface area (Å²) >= 11 is 3.48. The van der Waals surface area contributed by atoms with Gasteiger partial charge in [-0.1, -0.05) is 22.0 Å². The Balaban J connectivity index is 1.40. The molecule has 0 N–H and O–H groups in total. The summed E-state index contributed by atoms with van der Waals surface area (Å²) in [5, 5.41) is 8.47. The number of likely N-dealkylation sites (tertiary alicyclic amines) is 2. The SMILES string of the molecule is Brc1cccc(-c2nnc(CN3CCCC(N4CCCC4)C3)o2)c1. The average molecular weight is 391 g/mol. The van der Waals surface area contributed by atoms with Crippen LogP contribution >= 0.6 is 15.9 Å². The molecule has 2 aliphatic heterocycles. The summed E-state index contributed by atoms with van der Waals surface area (Å²) in [6, 6.07) is 8.67. The second-order valence-electron chi connectivity index (χ2n) is 6.79. The van der Waals surface area contributed by atoms with Crippen molar-refractivity contribution in [2.75, 3.05) is 26.2 Å². The highest BCUT2D eigenvalue weighted by Crippen LogP contribution is 2.24. The van der Waals surface area contributed by atoms with Crippen LogP contribution in [0.25, 0.3) is 11.5 Å². The Bertz CT molecular complexity index is 683. The number of hydrogen-bond acceptors (Lipinski definition) is 5. The second-order valence-corrected chi connectivity index (χ2v) is 7.70. The van der Waals surface area contributed by atoms with E-state index in [0.717, 1.165) is 29.7 Å². The first-order valence-electron chi connectivity index (χ1n) is 8.83. The highest BCUT2D eigenvalue weighted by atomic mass is 79.9. The molecule has 1 unspecified atom stereocenters. The lowest BCUT2D eigenvalue weighted by molar-refractivity contribution is 0.104. The van der Waals surface area contributed by atoms with Crippen molar-refractivity contribution in [3.8, 4) is 11.5 Å². The summed E-state index contributed by atoms with van der Waals surface area (Å²) in [7, 11) is 0. The monoisotopic (exact) mass is 390 g/mol. The third-order valence-corrected chi connectivity index (χ3v) is 5.53. The van der Waals surface area contributed by atoms with Gasteiger partial charge in [0.05, 0.1) is 6.54 Å². The average Bonchev–Trinajstić information content (AvgIpc) is 3.27. The molecule has 2 fully saturated rings. The van der Waals surface area contributed by atoms with Crippen molar-refractivity contribution >= 4 is 15.9 Å². The van der Waals surface area contributed by atoms with E-state index in [1.54, 1.807) is 0 Å². The summed E-state index contributed by atoms with van der Waals surface area (Å²) in [5.74, 6) is 1.31. The van der Waals surface area contributed by atoms with Gasteiger partial charge in [0.25, 0.3) is 0 Å². The predicted molar refractivity (Wildman–Crippen MR) is 96.5 cm³/mol. The smallest absolute Gasteiger partial charge is 0.247 e. The van der Waals surface area contributed by atoms with Crippen molar-refractivity contribution in [3.05, 3.63) is 34.6 Å². The van der Waals surface area contributed by atoms with Gasteiger partial charge in [0.1, 0.15) is 0 Å². The molecule has 0 amide bonds. The maximum atomic E-state index is 5.89. The number of halogens is 1. The molecule has 0 saturated carbocycles. The number of nitrogens with zero attached hydrogens (tertiary/aromatic N) is 4. The Morgan fingerprint density at radius 3 is 2.83 bits per heavy atom. The Morgan fingerprint density at radius 2 is 2.00 bits per heavy atom. The van der Waals surface area contributed by atoms with E-state index < -0.39 is 0 Å². The van der Waals surface area contributed by atoms with Crippen LogP contribution in [0.5, 0.6) is 0 Å². The Kier molecular flexibility index (Phi) is 4.96. The summed E-state index contributed by atoms with van der Waals surface area (Å²) in [6.45, 7) is 5.54. The van der Waals surface area contributed by atoms with E-state index in [4.69, 9.17) is 4.42 Å². The van der Waals surface area contributed by atoms with Crippen LogP contribution in [0.2, 0.25) is 0 Å². The molecule has 0 spiro atoms. The number of hydrogen-bond donors (Lipinski definition) is 0. The lowest BCUT2D eigenvalue weighted by atomic mass is 10.0. The zero-order valence-electron chi connectivity index (χ0n) is 13.8. The molecule has 0 bridgehead atoms. The number of piperidine rings is 1. The topological polar surface area (TPSA) is 45.4 Å². The molecule has 4 rings (SSSR count). The molecular weight excluding hydrogens is 368 g/mol. The van der Waals surface area contributed by atoms with Crippen LogP contribution in [-0.4, -0.2) is 52.2 Å². The standard InChI is InChI=1S/C18H23BrN4O/c19-15-6-3-5-14(11-15)18-21-20-17(24-18)13-22-8-4-7-16(12-22)23-9-1-2-10-23/h3,5-6,11,16H,1-2,4,7-10,12-13H2. The normalized spacial score (nSPS) is 23.0. The summed E-state index contributed by atoms with van der Waals surface area (Å²) in [6.07, 6.45) is 5.30. The van der Waals surface area contributed by atoms with Gasteiger partial charge in [0.15, 0.2) is 0 Å². The molecule has 6 heteroatoms. The fourth-order valence-corrected chi connectivity index (χ4v) is 4.23.